The molecule has 27 heavy (non-hydrogen) atoms. The number of thiophene rings is 1. The maximum atomic E-state index is 12.4. The quantitative estimate of drug-likeness (QED) is 0.678. The van der Waals surface area contributed by atoms with Gasteiger partial charge in [0.2, 0.25) is 5.91 Å². The number of carboxylic acids is 1. The summed E-state index contributed by atoms with van der Waals surface area (Å²) in [6, 6.07) is 0. The SMILES string of the molecule is CCOC(=O)c1c(NC(=O)CCC(=O)[O-])sc2c1CCN(C(=O)OCC)C2. The lowest BCUT2D eigenvalue weighted by Crippen LogP contribution is -2.36. The molecule has 148 valence electrons. The van der Waals surface area contributed by atoms with Crippen molar-refractivity contribution in [3.05, 3.63) is 16.0 Å². The van der Waals surface area contributed by atoms with E-state index in [4.69, 9.17) is 9.47 Å². The van der Waals surface area contributed by atoms with Gasteiger partial charge in [-0.3, -0.25) is 4.79 Å². The normalized spacial score (nSPS) is 12.9. The van der Waals surface area contributed by atoms with Crippen LogP contribution in [-0.4, -0.2) is 48.6 Å². The Bertz CT molecular complexity index is 744. The van der Waals surface area contributed by atoms with E-state index in [0.29, 0.717) is 18.0 Å². The van der Waals surface area contributed by atoms with Crippen LogP contribution in [0.5, 0.6) is 0 Å². The van der Waals surface area contributed by atoms with Crippen molar-refractivity contribution in [2.75, 3.05) is 25.1 Å². The zero-order valence-corrected chi connectivity index (χ0v) is 16.0. The molecule has 0 aromatic carbocycles. The first-order valence-electron chi connectivity index (χ1n) is 8.60. The average Bonchev–Trinajstić information content (AvgIpc) is 2.97. The van der Waals surface area contributed by atoms with Gasteiger partial charge in [0.05, 0.1) is 25.3 Å². The van der Waals surface area contributed by atoms with E-state index in [0.717, 1.165) is 10.4 Å². The van der Waals surface area contributed by atoms with E-state index < -0.39 is 30.4 Å². The fourth-order valence-corrected chi connectivity index (χ4v) is 3.95. The third-order valence-corrected chi connectivity index (χ3v) is 5.00. The molecule has 0 aliphatic carbocycles. The molecule has 1 N–H and O–H groups in total. The lowest BCUT2D eigenvalue weighted by atomic mass is 10.0. The van der Waals surface area contributed by atoms with Crippen molar-refractivity contribution in [3.8, 4) is 0 Å². The van der Waals surface area contributed by atoms with Gasteiger partial charge >= 0.3 is 12.1 Å². The van der Waals surface area contributed by atoms with Crippen molar-refractivity contribution in [1.29, 1.82) is 0 Å². The molecule has 9 nitrogen and oxygen atoms in total. The molecule has 0 unspecified atom stereocenters. The number of ether oxygens (including phenoxy) is 2. The molecule has 0 saturated carbocycles. The Morgan fingerprint density at radius 3 is 2.48 bits per heavy atom. The molecule has 1 aliphatic rings. The molecule has 0 bridgehead atoms. The Morgan fingerprint density at radius 1 is 1.15 bits per heavy atom. The van der Waals surface area contributed by atoms with Crippen molar-refractivity contribution in [2.24, 2.45) is 0 Å². The lowest BCUT2D eigenvalue weighted by Gasteiger charge is -2.26. The number of aliphatic carboxylic acids is 1. The second-order valence-corrected chi connectivity index (χ2v) is 6.82. The summed E-state index contributed by atoms with van der Waals surface area (Å²) < 4.78 is 10.1. The highest BCUT2D eigenvalue weighted by Crippen LogP contribution is 2.38. The van der Waals surface area contributed by atoms with E-state index in [1.54, 1.807) is 13.8 Å². The van der Waals surface area contributed by atoms with E-state index in [1.165, 1.54) is 16.2 Å². The van der Waals surface area contributed by atoms with Gasteiger partial charge in [-0.2, -0.15) is 0 Å². The number of hydrogen-bond donors (Lipinski definition) is 1. The second-order valence-electron chi connectivity index (χ2n) is 5.72. The van der Waals surface area contributed by atoms with E-state index in [2.05, 4.69) is 5.32 Å². The standard InChI is InChI=1S/C17H22N2O7S/c1-3-25-16(23)14-10-7-8-19(17(24)26-4-2)9-11(10)27-15(14)18-12(20)5-6-13(21)22/h3-9H2,1-2H3,(H,18,20)(H,21,22)/p-1. The van der Waals surface area contributed by atoms with Crippen molar-refractivity contribution >= 4 is 40.3 Å². The van der Waals surface area contributed by atoms with Gasteiger partial charge in [0.1, 0.15) is 5.00 Å². The van der Waals surface area contributed by atoms with Crippen LogP contribution < -0.4 is 10.4 Å². The Morgan fingerprint density at radius 2 is 1.85 bits per heavy atom. The van der Waals surface area contributed by atoms with Crippen molar-refractivity contribution in [2.45, 2.75) is 39.7 Å². The molecule has 1 aliphatic heterocycles. The van der Waals surface area contributed by atoms with Crippen molar-refractivity contribution in [1.82, 2.24) is 4.90 Å². The van der Waals surface area contributed by atoms with Gasteiger partial charge in [-0.05, 0) is 32.3 Å². The Hall–Kier alpha value is -2.62. The number of carboxylic acid groups (broad SMARTS) is 1. The predicted octanol–water partition coefficient (Wildman–Crippen LogP) is 0.908. The van der Waals surface area contributed by atoms with E-state index in [1.807, 2.05) is 0 Å². The summed E-state index contributed by atoms with van der Waals surface area (Å²) in [4.78, 5) is 49.1. The Kier molecular flexibility index (Phi) is 7.17. The number of hydrogen-bond acceptors (Lipinski definition) is 8. The van der Waals surface area contributed by atoms with Gasteiger partial charge in [-0.25, -0.2) is 9.59 Å². The van der Waals surface area contributed by atoms with Crippen molar-refractivity contribution < 1.29 is 33.8 Å². The zero-order valence-electron chi connectivity index (χ0n) is 15.2. The number of carbonyl (C=O) groups is 4. The molecule has 0 radical (unpaired) electrons. The molecule has 0 atom stereocenters. The highest BCUT2D eigenvalue weighted by molar-refractivity contribution is 7.17. The van der Waals surface area contributed by atoms with Crippen LogP contribution in [0.4, 0.5) is 9.80 Å². The monoisotopic (exact) mass is 397 g/mol. The summed E-state index contributed by atoms with van der Waals surface area (Å²) in [5.41, 5.74) is 0.997. The van der Waals surface area contributed by atoms with Crippen LogP contribution in [-0.2, 0) is 32.0 Å². The summed E-state index contributed by atoms with van der Waals surface area (Å²) in [5, 5.41) is 13.4. The maximum absolute atomic E-state index is 12.4. The molecular weight excluding hydrogens is 376 g/mol. The number of amides is 2. The fourth-order valence-electron chi connectivity index (χ4n) is 2.69. The van der Waals surface area contributed by atoms with Crippen molar-refractivity contribution in [3.63, 3.8) is 0 Å². The minimum atomic E-state index is -1.33. The molecule has 1 aromatic rings. The van der Waals surface area contributed by atoms with Crippen LogP contribution in [0.1, 0.15) is 47.5 Å². The second kappa shape index (κ2) is 9.36. The van der Waals surface area contributed by atoms with Gasteiger partial charge in [-0.15, -0.1) is 11.3 Å². The molecule has 0 saturated heterocycles. The topological polar surface area (TPSA) is 125 Å². The molecular formula is C17H21N2O7S-. The van der Waals surface area contributed by atoms with Crippen LogP contribution in [0.2, 0.25) is 0 Å². The van der Waals surface area contributed by atoms with Gasteiger partial charge < -0.3 is 29.6 Å². The first-order valence-corrected chi connectivity index (χ1v) is 9.42. The number of nitrogens with zero attached hydrogens (tertiary/aromatic N) is 1. The largest absolute Gasteiger partial charge is 0.550 e. The first-order chi connectivity index (χ1) is 12.9. The summed E-state index contributed by atoms with van der Waals surface area (Å²) in [6.07, 6.45) is -0.688. The number of esters is 1. The lowest BCUT2D eigenvalue weighted by molar-refractivity contribution is -0.305. The summed E-state index contributed by atoms with van der Waals surface area (Å²) >= 11 is 1.17. The third-order valence-electron chi connectivity index (χ3n) is 3.87. The van der Waals surface area contributed by atoms with Gasteiger partial charge in [0.15, 0.2) is 0 Å². The number of fused-ring (bicyclic) bond motifs is 1. The van der Waals surface area contributed by atoms with Gasteiger partial charge in [0.25, 0.3) is 0 Å². The number of anilines is 1. The van der Waals surface area contributed by atoms with E-state index in [9.17, 15) is 24.3 Å². The molecule has 2 rings (SSSR count). The highest BCUT2D eigenvalue weighted by atomic mass is 32.1. The molecule has 1 aromatic heterocycles. The van der Waals surface area contributed by atoms with E-state index in [-0.39, 0.29) is 31.7 Å². The third kappa shape index (κ3) is 5.19. The van der Waals surface area contributed by atoms with Gasteiger partial charge in [-0.1, -0.05) is 0 Å². The minimum Gasteiger partial charge on any atom is -0.550 e. The van der Waals surface area contributed by atoms with Crippen LogP contribution in [0.25, 0.3) is 0 Å². The zero-order chi connectivity index (χ0) is 20.0. The number of carbonyl (C=O) groups excluding carboxylic acids is 4. The average molecular weight is 397 g/mol. The smallest absolute Gasteiger partial charge is 0.410 e. The first kappa shape index (κ1) is 20.7. The summed E-state index contributed by atoms with van der Waals surface area (Å²) in [6.45, 7) is 4.49. The highest BCUT2D eigenvalue weighted by Gasteiger charge is 2.31. The maximum Gasteiger partial charge on any atom is 0.410 e. The summed E-state index contributed by atoms with van der Waals surface area (Å²) in [5.74, 6) is -2.42. The number of rotatable bonds is 7. The Labute approximate surface area is 160 Å². The fraction of sp³-hybridized carbons (Fsp3) is 0.529. The van der Waals surface area contributed by atoms with Crippen LogP contribution in [0.15, 0.2) is 0 Å². The Balaban J connectivity index is 2.26. The molecule has 2 amide bonds. The molecule has 0 fully saturated rings. The van der Waals surface area contributed by atoms with Crippen LogP contribution >= 0.6 is 11.3 Å². The molecule has 2 heterocycles. The van der Waals surface area contributed by atoms with Gasteiger partial charge in [0, 0.05) is 23.8 Å². The predicted molar refractivity (Wildman–Crippen MR) is 94.3 cm³/mol. The van der Waals surface area contributed by atoms with Crippen LogP contribution in [0, 0.1) is 0 Å². The minimum absolute atomic E-state index is 0.177. The molecule has 10 heteroatoms. The molecule has 0 spiro atoms. The number of nitrogens with one attached hydrogen (secondary N) is 1. The van der Waals surface area contributed by atoms with E-state index >= 15 is 0 Å². The summed E-state index contributed by atoms with van der Waals surface area (Å²) in [7, 11) is 0. The van der Waals surface area contributed by atoms with Crippen LogP contribution in [0.3, 0.4) is 0 Å².